The van der Waals surface area contributed by atoms with Crippen molar-refractivity contribution in [2.24, 2.45) is 10.7 Å². The van der Waals surface area contributed by atoms with Crippen LogP contribution in [0.5, 0.6) is 0 Å². The highest BCUT2D eigenvalue weighted by Gasteiger charge is 2.32. The largest absolute Gasteiger partial charge is 0.433 e. The summed E-state index contributed by atoms with van der Waals surface area (Å²) in [6, 6.07) is 3.89. The van der Waals surface area contributed by atoms with E-state index in [1.165, 1.54) is 6.07 Å². The van der Waals surface area contributed by atoms with Gasteiger partial charge < -0.3 is 10.6 Å². The third-order valence-corrected chi connectivity index (χ3v) is 4.02. The maximum absolute atomic E-state index is 12.5. The summed E-state index contributed by atoms with van der Waals surface area (Å²) < 4.78 is 37.6. The van der Waals surface area contributed by atoms with E-state index < -0.39 is 11.9 Å². The summed E-state index contributed by atoms with van der Waals surface area (Å²) in [6.45, 7) is 2.06. The van der Waals surface area contributed by atoms with Crippen molar-refractivity contribution in [1.82, 2.24) is 9.88 Å². The summed E-state index contributed by atoms with van der Waals surface area (Å²) >= 11 is 1.87. The quantitative estimate of drug-likeness (QED) is 0.684. The minimum atomic E-state index is -4.41. The Morgan fingerprint density at radius 2 is 2.05 bits per heavy atom. The average molecular weight is 318 g/mol. The molecule has 4 nitrogen and oxygen atoms in total. The van der Waals surface area contributed by atoms with Crippen molar-refractivity contribution in [3.63, 3.8) is 0 Å². The van der Waals surface area contributed by atoms with Crippen LogP contribution in [0.4, 0.5) is 13.2 Å². The van der Waals surface area contributed by atoms with Gasteiger partial charge in [-0.3, -0.25) is 4.99 Å². The molecule has 2 N–H and O–H groups in total. The van der Waals surface area contributed by atoms with E-state index in [1.807, 2.05) is 16.7 Å². The van der Waals surface area contributed by atoms with Crippen LogP contribution >= 0.6 is 11.8 Å². The third kappa shape index (κ3) is 4.80. The number of thioether (sulfide) groups is 1. The fourth-order valence-corrected chi connectivity index (χ4v) is 2.86. The Labute approximate surface area is 125 Å². The second kappa shape index (κ2) is 7.02. The SMILES string of the molecule is NC(=NCCc1cccc(C(F)(F)F)n1)N1CCSCC1. The Hall–Kier alpha value is -1.44. The number of halogens is 3. The van der Waals surface area contributed by atoms with Crippen molar-refractivity contribution in [2.45, 2.75) is 12.6 Å². The zero-order valence-electron chi connectivity index (χ0n) is 11.4. The van der Waals surface area contributed by atoms with Crippen LogP contribution < -0.4 is 5.73 Å². The van der Waals surface area contributed by atoms with Gasteiger partial charge in [0.2, 0.25) is 0 Å². The van der Waals surface area contributed by atoms with Gasteiger partial charge >= 0.3 is 6.18 Å². The van der Waals surface area contributed by atoms with Crippen LogP contribution in [0.25, 0.3) is 0 Å². The van der Waals surface area contributed by atoms with E-state index in [2.05, 4.69) is 9.98 Å². The lowest BCUT2D eigenvalue weighted by molar-refractivity contribution is -0.141. The number of hydrogen-bond donors (Lipinski definition) is 1. The summed E-state index contributed by atoms with van der Waals surface area (Å²) in [7, 11) is 0. The van der Waals surface area contributed by atoms with E-state index in [0.717, 1.165) is 30.7 Å². The molecule has 0 spiro atoms. The monoisotopic (exact) mass is 318 g/mol. The molecule has 8 heteroatoms. The fourth-order valence-electron chi connectivity index (χ4n) is 1.95. The molecular formula is C13H17F3N4S. The minimum absolute atomic E-state index is 0.337. The Bertz CT molecular complexity index is 498. The number of guanidine groups is 1. The molecule has 1 aromatic rings. The van der Waals surface area contributed by atoms with Crippen molar-refractivity contribution in [3.8, 4) is 0 Å². The van der Waals surface area contributed by atoms with Gasteiger partial charge in [-0.05, 0) is 12.1 Å². The Balaban J connectivity index is 1.90. The molecule has 0 saturated carbocycles. The molecule has 0 unspecified atom stereocenters. The number of pyridine rings is 1. The van der Waals surface area contributed by atoms with E-state index in [-0.39, 0.29) is 0 Å². The summed E-state index contributed by atoms with van der Waals surface area (Å²) in [6.07, 6.45) is -4.07. The zero-order valence-corrected chi connectivity index (χ0v) is 12.3. The molecule has 0 aliphatic carbocycles. The number of rotatable bonds is 3. The lowest BCUT2D eigenvalue weighted by atomic mass is 10.2. The van der Waals surface area contributed by atoms with E-state index in [9.17, 15) is 13.2 Å². The molecule has 1 aliphatic rings. The highest BCUT2D eigenvalue weighted by Crippen LogP contribution is 2.27. The summed E-state index contributed by atoms with van der Waals surface area (Å²) in [5.74, 6) is 2.50. The number of aromatic nitrogens is 1. The van der Waals surface area contributed by atoms with Gasteiger partial charge in [-0.1, -0.05) is 6.07 Å². The third-order valence-electron chi connectivity index (χ3n) is 3.07. The highest BCUT2D eigenvalue weighted by atomic mass is 32.2. The van der Waals surface area contributed by atoms with Gasteiger partial charge in [-0.15, -0.1) is 0 Å². The highest BCUT2D eigenvalue weighted by molar-refractivity contribution is 7.99. The molecular weight excluding hydrogens is 301 g/mol. The first kappa shape index (κ1) is 15.9. The topological polar surface area (TPSA) is 54.5 Å². The van der Waals surface area contributed by atoms with Gasteiger partial charge in [0.1, 0.15) is 5.69 Å². The smallest absolute Gasteiger partial charge is 0.370 e. The first-order valence-electron chi connectivity index (χ1n) is 6.62. The maximum atomic E-state index is 12.5. The number of hydrogen-bond acceptors (Lipinski definition) is 3. The van der Waals surface area contributed by atoms with Crippen LogP contribution in [-0.4, -0.2) is 47.0 Å². The molecule has 0 aromatic carbocycles. The van der Waals surface area contributed by atoms with Gasteiger partial charge in [-0.2, -0.15) is 24.9 Å². The summed E-state index contributed by atoms with van der Waals surface area (Å²) in [5, 5.41) is 0. The molecule has 1 fully saturated rings. The van der Waals surface area contributed by atoms with Crippen molar-refractivity contribution >= 4 is 17.7 Å². The normalized spacial score (nSPS) is 17.1. The summed E-state index contributed by atoms with van der Waals surface area (Å²) in [4.78, 5) is 9.82. The van der Waals surface area contributed by atoms with E-state index >= 15 is 0 Å². The van der Waals surface area contributed by atoms with Crippen LogP contribution in [0.3, 0.4) is 0 Å². The van der Waals surface area contributed by atoms with Crippen molar-refractivity contribution in [2.75, 3.05) is 31.1 Å². The summed E-state index contributed by atoms with van der Waals surface area (Å²) in [5.41, 5.74) is 5.38. The number of aliphatic imine (C=N–C) groups is 1. The Kier molecular flexibility index (Phi) is 5.33. The molecule has 116 valence electrons. The average Bonchev–Trinajstić information content (AvgIpc) is 2.47. The molecule has 1 aromatic heterocycles. The van der Waals surface area contributed by atoms with Crippen molar-refractivity contribution in [3.05, 3.63) is 29.6 Å². The molecule has 21 heavy (non-hydrogen) atoms. The maximum Gasteiger partial charge on any atom is 0.433 e. The van der Waals surface area contributed by atoms with Crippen LogP contribution in [0, 0.1) is 0 Å². The molecule has 1 saturated heterocycles. The van der Waals surface area contributed by atoms with Crippen LogP contribution in [0.1, 0.15) is 11.4 Å². The van der Waals surface area contributed by atoms with Gasteiger partial charge in [0, 0.05) is 43.3 Å². The Morgan fingerprint density at radius 3 is 2.71 bits per heavy atom. The molecule has 2 heterocycles. The first-order valence-corrected chi connectivity index (χ1v) is 7.78. The van der Waals surface area contributed by atoms with Gasteiger partial charge in [0.15, 0.2) is 5.96 Å². The minimum Gasteiger partial charge on any atom is -0.370 e. The van der Waals surface area contributed by atoms with Crippen LogP contribution in [-0.2, 0) is 12.6 Å². The lowest BCUT2D eigenvalue weighted by Crippen LogP contribution is -2.42. The number of nitrogens with two attached hydrogens (primary N) is 1. The van der Waals surface area contributed by atoms with Crippen molar-refractivity contribution < 1.29 is 13.2 Å². The molecule has 0 radical (unpaired) electrons. The molecule has 0 amide bonds. The number of alkyl halides is 3. The fraction of sp³-hybridized carbons (Fsp3) is 0.538. The van der Waals surface area contributed by atoms with Crippen molar-refractivity contribution in [1.29, 1.82) is 0 Å². The van der Waals surface area contributed by atoms with Gasteiger partial charge in [-0.25, -0.2) is 4.98 Å². The molecule has 0 bridgehead atoms. The molecule has 2 rings (SSSR count). The molecule has 0 atom stereocenters. The second-order valence-electron chi connectivity index (χ2n) is 4.60. The lowest BCUT2D eigenvalue weighted by Gasteiger charge is -2.27. The van der Waals surface area contributed by atoms with E-state index in [0.29, 0.717) is 24.6 Å². The number of nitrogens with zero attached hydrogens (tertiary/aromatic N) is 3. The zero-order chi connectivity index (χ0) is 15.3. The van der Waals surface area contributed by atoms with Crippen LogP contribution in [0.2, 0.25) is 0 Å². The Morgan fingerprint density at radius 1 is 1.33 bits per heavy atom. The first-order chi connectivity index (χ1) is 9.97. The van der Waals surface area contributed by atoms with E-state index in [1.54, 1.807) is 6.07 Å². The molecule has 1 aliphatic heterocycles. The van der Waals surface area contributed by atoms with Gasteiger partial charge in [0.25, 0.3) is 0 Å². The van der Waals surface area contributed by atoms with Crippen LogP contribution in [0.15, 0.2) is 23.2 Å². The standard InChI is InChI=1S/C13H17F3N4S/c14-13(15,16)11-3-1-2-10(19-11)4-5-18-12(17)20-6-8-21-9-7-20/h1-3H,4-9H2,(H2,17,18). The second-order valence-corrected chi connectivity index (χ2v) is 5.83. The predicted molar refractivity (Wildman–Crippen MR) is 78.3 cm³/mol. The predicted octanol–water partition coefficient (Wildman–Crippen LogP) is 2.01. The van der Waals surface area contributed by atoms with E-state index in [4.69, 9.17) is 5.73 Å². The van der Waals surface area contributed by atoms with Gasteiger partial charge in [0.05, 0.1) is 0 Å².